The van der Waals surface area contributed by atoms with Crippen LogP contribution in [0.3, 0.4) is 0 Å². The molecule has 1 aliphatic rings. The number of hydrogen-bond donors (Lipinski definition) is 0. The quantitative estimate of drug-likeness (QED) is 0.531. The zero-order valence-corrected chi connectivity index (χ0v) is 6.46. The summed E-state index contributed by atoms with van der Waals surface area (Å²) in [5, 5.41) is 0. The van der Waals surface area contributed by atoms with E-state index in [0.29, 0.717) is 6.10 Å². The second kappa shape index (κ2) is 3.01. The minimum Gasteiger partial charge on any atom is -0.371 e. The normalized spacial score (nSPS) is 22.4. The van der Waals surface area contributed by atoms with Crippen LogP contribution in [0, 0.1) is 0 Å². The molecule has 1 heterocycles. The summed E-state index contributed by atoms with van der Waals surface area (Å²) in [6, 6.07) is 0. The molecule has 1 amide bonds. The van der Waals surface area contributed by atoms with Crippen molar-refractivity contribution in [3.8, 4) is 0 Å². The molecule has 1 aliphatic heterocycles. The van der Waals surface area contributed by atoms with Gasteiger partial charge in [-0.2, -0.15) is 0 Å². The highest BCUT2D eigenvalue weighted by Gasteiger charge is 2.25. The number of ether oxygens (including phenoxy) is 1. The van der Waals surface area contributed by atoms with Crippen molar-refractivity contribution < 1.29 is 9.53 Å². The van der Waals surface area contributed by atoms with Crippen LogP contribution in [0.4, 0.5) is 0 Å². The molecular formula is C7H13NO2. The first kappa shape index (κ1) is 7.54. The number of likely N-dealkylation sites (N-methyl/N-ethyl adjacent to an activating group) is 1. The topological polar surface area (TPSA) is 32.8 Å². The van der Waals surface area contributed by atoms with E-state index in [1.54, 1.807) is 11.8 Å². The van der Waals surface area contributed by atoms with Crippen LogP contribution in [0.2, 0.25) is 0 Å². The highest BCUT2D eigenvalue weighted by Crippen LogP contribution is 2.10. The Morgan fingerprint density at radius 3 is 2.70 bits per heavy atom. The van der Waals surface area contributed by atoms with E-state index >= 15 is 0 Å². The van der Waals surface area contributed by atoms with E-state index in [1.807, 2.05) is 6.92 Å². The van der Waals surface area contributed by atoms with E-state index in [0.717, 1.165) is 19.7 Å². The Morgan fingerprint density at radius 2 is 2.40 bits per heavy atom. The zero-order chi connectivity index (χ0) is 7.56. The Morgan fingerprint density at radius 1 is 1.80 bits per heavy atom. The lowest BCUT2D eigenvalue weighted by atomic mass is 10.4. The SMILES string of the molecule is CCN(CC1CO1)C(C)=O. The molecule has 0 bridgehead atoms. The summed E-state index contributed by atoms with van der Waals surface area (Å²) in [4.78, 5) is 12.6. The van der Waals surface area contributed by atoms with Crippen LogP contribution in [0.5, 0.6) is 0 Å². The predicted molar refractivity (Wildman–Crippen MR) is 37.7 cm³/mol. The molecule has 1 fully saturated rings. The average Bonchev–Trinajstić information content (AvgIpc) is 2.64. The molecular weight excluding hydrogens is 130 g/mol. The van der Waals surface area contributed by atoms with Gasteiger partial charge in [0.1, 0.15) is 0 Å². The van der Waals surface area contributed by atoms with Crippen LogP contribution >= 0.6 is 0 Å². The first-order valence-corrected chi connectivity index (χ1v) is 3.61. The maximum absolute atomic E-state index is 10.8. The number of amides is 1. The van der Waals surface area contributed by atoms with Crippen molar-refractivity contribution in [3.63, 3.8) is 0 Å². The molecule has 1 saturated heterocycles. The first-order valence-electron chi connectivity index (χ1n) is 3.61. The number of carbonyl (C=O) groups excluding carboxylic acids is 1. The zero-order valence-electron chi connectivity index (χ0n) is 6.46. The first-order chi connectivity index (χ1) is 4.74. The van der Waals surface area contributed by atoms with Crippen LogP contribution in [0.1, 0.15) is 13.8 Å². The molecule has 10 heavy (non-hydrogen) atoms. The van der Waals surface area contributed by atoms with Crippen molar-refractivity contribution in [2.75, 3.05) is 19.7 Å². The van der Waals surface area contributed by atoms with Crippen LogP contribution in [0.15, 0.2) is 0 Å². The van der Waals surface area contributed by atoms with E-state index in [9.17, 15) is 4.79 Å². The fourth-order valence-electron chi connectivity index (χ4n) is 0.900. The summed E-state index contributed by atoms with van der Waals surface area (Å²) < 4.78 is 5.00. The molecule has 0 radical (unpaired) electrons. The summed E-state index contributed by atoms with van der Waals surface area (Å²) >= 11 is 0. The predicted octanol–water partition coefficient (Wildman–Crippen LogP) is 0.254. The van der Waals surface area contributed by atoms with Crippen LogP contribution in [-0.2, 0) is 9.53 Å². The third-order valence-electron chi connectivity index (χ3n) is 1.65. The molecule has 3 nitrogen and oxygen atoms in total. The molecule has 1 unspecified atom stereocenters. The Kier molecular flexibility index (Phi) is 2.27. The van der Waals surface area contributed by atoms with Gasteiger partial charge in [-0.1, -0.05) is 0 Å². The van der Waals surface area contributed by atoms with E-state index in [4.69, 9.17) is 4.74 Å². The lowest BCUT2D eigenvalue weighted by molar-refractivity contribution is -0.128. The van der Waals surface area contributed by atoms with Crippen molar-refractivity contribution in [2.45, 2.75) is 20.0 Å². The van der Waals surface area contributed by atoms with Crippen molar-refractivity contribution >= 4 is 5.91 Å². The third-order valence-corrected chi connectivity index (χ3v) is 1.65. The summed E-state index contributed by atoms with van der Waals surface area (Å²) in [6.07, 6.45) is 0.323. The fraction of sp³-hybridized carbons (Fsp3) is 0.857. The molecule has 0 N–H and O–H groups in total. The number of epoxide rings is 1. The lowest BCUT2D eigenvalue weighted by Gasteiger charge is -2.16. The summed E-state index contributed by atoms with van der Waals surface area (Å²) in [6.45, 7) is 5.94. The Hall–Kier alpha value is -0.570. The molecule has 1 atom stereocenters. The van der Waals surface area contributed by atoms with Crippen LogP contribution < -0.4 is 0 Å². The number of nitrogens with zero attached hydrogens (tertiary/aromatic N) is 1. The molecule has 0 aromatic carbocycles. The van der Waals surface area contributed by atoms with Gasteiger partial charge in [-0.15, -0.1) is 0 Å². The van der Waals surface area contributed by atoms with Gasteiger partial charge in [-0.3, -0.25) is 4.79 Å². The average molecular weight is 143 g/mol. The maximum Gasteiger partial charge on any atom is 0.219 e. The summed E-state index contributed by atoms with van der Waals surface area (Å²) in [5.41, 5.74) is 0. The Balaban J connectivity index is 2.24. The van der Waals surface area contributed by atoms with Gasteiger partial charge >= 0.3 is 0 Å². The van der Waals surface area contributed by atoms with Gasteiger partial charge in [0.2, 0.25) is 5.91 Å². The van der Waals surface area contributed by atoms with Gasteiger partial charge in [0.05, 0.1) is 12.7 Å². The number of rotatable bonds is 3. The standard InChI is InChI=1S/C7H13NO2/c1-3-8(6(2)9)4-7-5-10-7/h7H,3-5H2,1-2H3. The van der Waals surface area contributed by atoms with Gasteiger partial charge in [-0.25, -0.2) is 0 Å². The second-order valence-electron chi connectivity index (χ2n) is 2.51. The highest BCUT2D eigenvalue weighted by molar-refractivity contribution is 5.73. The molecule has 0 saturated carbocycles. The number of hydrogen-bond acceptors (Lipinski definition) is 2. The van der Waals surface area contributed by atoms with Crippen molar-refractivity contribution in [1.82, 2.24) is 4.90 Å². The molecule has 0 spiro atoms. The van der Waals surface area contributed by atoms with E-state index < -0.39 is 0 Å². The van der Waals surface area contributed by atoms with Crippen LogP contribution in [-0.4, -0.2) is 36.6 Å². The second-order valence-corrected chi connectivity index (χ2v) is 2.51. The highest BCUT2D eigenvalue weighted by atomic mass is 16.6. The minimum atomic E-state index is 0.137. The molecule has 3 heteroatoms. The molecule has 1 rings (SSSR count). The Bertz CT molecular complexity index is 132. The molecule has 0 aromatic heterocycles. The van der Waals surface area contributed by atoms with Crippen molar-refractivity contribution in [2.24, 2.45) is 0 Å². The third kappa shape index (κ3) is 1.99. The van der Waals surface area contributed by atoms with Crippen molar-refractivity contribution in [3.05, 3.63) is 0 Å². The largest absolute Gasteiger partial charge is 0.371 e. The molecule has 0 aromatic rings. The van der Waals surface area contributed by atoms with Crippen molar-refractivity contribution in [1.29, 1.82) is 0 Å². The number of carbonyl (C=O) groups is 1. The molecule has 58 valence electrons. The fourth-order valence-corrected chi connectivity index (χ4v) is 0.900. The van der Waals surface area contributed by atoms with E-state index in [2.05, 4.69) is 0 Å². The lowest BCUT2D eigenvalue weighted by Crippen LogP contribution is -2.31. The van der Waals surface area contributed by atoms with Gasteiger partial charge in [0.15, 0.2) is 0 Å². The summed E-state index contributed by atoms with van der Waals surface area (Å²) in [7, 11) is 0. The monoisotopic (exact) mass is 143 g/mol. The summed E-state index contributed by atoms with van der Waals surface area (Å²) in [5.74, 6) is 0.137. The van der Waals surface area contributed by atoms with Gasteiger partial charge in [0, 0.05) is 20.0 Å². The van der Waals surface area contributed by atoms with Crippen LogP contribution in [0.25, 0.3) is 0 Å². The smallest absolute Gasteiger partial charge is 0.219 e. The van der Waals surface area contributed by atoms with E-state index in [-0.39, 0.29) is 5.91 Å². The van der Waals surface area contributed by atoms with Gasteiger partial charge in [0.25, 0.3) is 0 Å². The molecule has 0 aliphatic carbocycles. The minimum absolute atomic E-state index is 0.137. The maximum atomic E-state index is 10.8. The van der Waals surface area contributed by atoms with E-state index in [1.165, 1.54) is 0 Å². The van der Waals surface area contributed by atoms with Gasteiger partial charge < -0.3 is 9.64 Å². The van der Waals surface area contributed by atoms with Gasteiger partial charge in [-0.05, 0) is 6.92 Å². The Labute approximate surface area is 61.0 Å².